The fourth-order valence-electron chi connectivity index (χ4n) is 1.91. The van der Waals surface area contributed by atoms with E-state index in [2.05, 4.69) is 0 Å². The minimum Gasteiger partial charge on any atom is -0.386 e. The first-order valence-electron chi connectivity index (χ1n) is 4.71. The zero-order valence-corrected chi connectivity index (χ0v) is 7.92. The van der Waals surface area contributed by atoms with Crippen molar-refractivity contribution in [2.45, 2.75) is 25.4 Å². The molecule has 2 aliphatic rings. The number of nitrogens with zero attached hydrogens (tertiary/aromatic N) is 1. The topological polar surface area (TPSA) is 66.6 Å². The molecule has 2 fully saturated rings. The Kier molecular flexibility index (Phi) is 1.69. The van der Waals surface area contributed by atoms with Gasteiger partial charge in [0.2, 0.25) is 5.91 Å². The van der Waals surface area contributed by atoms with E-state index in [0.29, 0.717) is 19.6 Å². The van der Waals surface area contributed by atoms with Crippen molar-refractivity contribution in [2.24, 2.45) is 11.1 Å². The van der Waals surface area contributed by atoms with Crippen molar-refractivity contribution in [1.29, 1.82) is 0 Å². The number of hydrogen-bond donors (Lipinski definition) is 2. The molecule has 1 amide bonds. The van der Waals surface area contributed by atoms with Crippen molar-refractivity contribution in [2.75, 3.05) is 19.6 Å². The van der Waals surface area contributed by atoms with Crippen LogP contribution in [-0.4, -0.2) is 41.1 Å². The van der Waals surface area contributed by atoms with Crippen LogP contribution in [0.25, 0.3) is 0 Å². The van der Waals surface area contributed by atoms with E-state index in [0.717, 1.165) is 12.8 Å². The first-order chi connectivity index (χ1) is 5.99. The van der Waals surface area contributed by atoms with Crippen LogP contribution in [0.1, 0.15) is 19.8 Å². The summed E-state index contributed by atoms with van der Waals surface area (Å²) in [6.07, 6.45) is 1.84. The summed E-state index contributed by atoms with van der Waals surface area (Å²) in [4.78, 5) is 13.5. The summed E-state index contributed by atoms with van der Waals surface area (Å²) in [7, 11) is 0. The maximum Gasteiger partial charge on any atom is 0.230 e. The van der Waals surface area contributed by atoms with Gasteiger partial charge >= 0.3 is 0 Å². The highest BCUT2D eigenvalue weighted by Crippen LogP contribution is 2.47. The van der Waals surface area contributed by atoms with Gasteiger partial charge in [-0.15, -0.1) is 0 Å². The number of β-amino-alcohol motifs (C(OH)–C–C–N with tert-alkyl or cyclic N) is 1. The Morgan fingerprint density at radius 2 is 2.08 bits per heavy atom. The molecule has 0 unspecified atom stereocenters. The molecule has 2 rings (SSSR count). The minimum atomic E-state index is -0.666. The van der Waals surface area contributed by atoms with Crippen LogP contribution < -0.4 is 5.73 Å². The molecule has 1 aliphatic carbocycles. The summed E-state index contributed by atoms with van der Waals surface area (Å²) in [6.45, 7) is 3.13. The monoisotopic (exact) mass is 184 g/mol. The Balaban J connectivity index is 1.94. The lowest BCUT2D eigenvalue weighted by atomic mass is 9.93. The maximum absolute atomic E-state index is 11.8. The fraction of sp³-hybridized carbons (Fsp3) is 0.889. The number of carbonyl (C=O) groups excluding carboxylic acids is 1. The molecule has 74 valence electrons. The Morgan fingerprint density at radius 1 is 1.54 bits per heavy atom. The molecule has 0 aromatic carbocycles. The average molecular weight is 184 g/mol. The minimum absolute atomic E-state index is 0.140. The van der Waals surface area contributed by atoms with Crippen LogP contribution in [-0.2, 0) is 4.79 Å². The number of hydrogen-bond acceptors (Lipinski definition) is 3. The van der Waals surface area contributed by atoms with E-state index in [1.807, 2.05) is 0 Å². The summed E-state index contributed by atoms with van der Waals surface area (Å²) in [5.41, 5.74) is 4.62. The van der Waals surface area contributed by atoms with Crippen LogP contribution in [0.5, 0.6) is 0 Å². The lowest BCUT2D eigenvalue weighted by Gasteiger charge is -2.45. The van der Waals surface area contributed by atoms with E-state index in [-0.39, 0.29) is 11.3 Å². The van der Waals surface area contributed by atoms with Crippen LogP contribution in [0.15, 0.2) is 0 Å². The Morgan fingerprint density at radius 3 is 2.38 bits per heavy atom. The second-order valence-corrected chi connectivity index (χ2v) is 4.64. The molecule has 3 N–H and O–H groups in total. The second-order valence-electron chi connectivity index (χ2n) is 4.64. The first kappa shape index (κ1) is 8.97. The van der Waals surface area contributed by atoms with Gasteiger partial charge in [0.1, 0.15) is 0 Å². The van der Waals surface area contributed by atoms with Gasteiger partial charge in [-0.2, -0.15) is 0 Å². The fourth-order valence-corrected chi connectivity index (χ4v) is 1.91. The Hall–Kier alpha value is -0.610. The number of aliphatic hydroxyl groups is 1. The van der Waals surface area contributed by atoms with E-state index in [1.165, 1.54) is 0 Å². The van der Waals surface area contributed by atoms with Crippen LogP contribution >= 0.6 is 0 Å². The van der Waals surface area contributed by atoms with Crippen molar-refractivity contribution >= 4 is 5.91 Å². The molecule has 0 radical (unpaired) electrons. The zero-order chi connectivity index (χ0) is 9.69. The van der Waals surface area contributed by atoms with Gasteiger partial charge in [0.05, 0.1) is 24.1 Å². The van der Waals surface area contributed by atoms with Gasteiger partial charge in [-0.1, -0.05) is 0 Å². The molecule has 0 spiro atoms. The largest absolute Gasteiger partial charge is 0.386 e. The van der Waals surface area contributed by atoms with E-state index in [1.54, 1.807) is 11.8 Å². The first-order valence-corrected chi connectivity index (χ1v) is 4.71. The lowest BCUT2D eigenvalue weighted by Crippen LogP contribution is -2.63. The van der Waals surface area contributed by atoms with Gasteiger partial charge in [0, 0.05) is 6.54 Å². The molecule has 1 aliphatic heterocycles. The predicted molar refractivity (Wildman–Crippen MR) is 47.9 cm³/mol. The molecule has 1 saturated carbocycles. The summed E-state index contributed by atoms with van der Waals surface area (Å²) < 4.78 is 0. The summed E-state index contributed by atoms with van der Waals surface area (Å²) in [5.74, 6) is 0.140. The van der Waals surface area contributed by atoms with E-state index in [4.69, 9.17) is 5.73 Å². The van der Waals surface area contributed by atoms with Gasteiger partial charge in [-0.25, -0.2) is 0 Å². The second kappa shape index (κ2) is 2.45. The van der Waals surface area contributed by atoms with Gasteiger partial charge < -0.3 is 15.7 Å². The molecule has 13 heavy (non-hydrogen) atoms. The molecule has 4 nitrogen and oxygen atoms in total. The summed E-state index contributed by atoms with van der Waals surface area (Å²) >= 11 is 0. The van der Waals surface area contributed by atoms with Crippen molar-refractivity contribution in [3.8, 4) is 0 Å². The molecule has 0 bridgehead atoms. The summed E-state index contributed by atoms with van der Waals surface area (Å²) in [6, 6.07) is 0. The van der Waals surface area contributed by atoms with Crippen LogP contribution in [0, 0.1) is 5.41 Å². The molecule has 1 saturated heterocycles. The van der Waals surface area contributed by atoms with Crippen LogP contribution in [0.3, 0.4) is 0 Å². The molecular formula is C9H16N2O2. The molecule has 0 aromatic rings. The highest BCUT2D eigenvalue weighted by Gasteiger charge is 2.54. The molecule has 0 aromatic heterocycles. The zero-order valence-electron chi connectivity index (χ0n) is 7.92. The molecule has 0 atom stereocenters. The number of amides is 1. The van der Waals surface area contributed by atoms with Gasteiger partial charge in [0.25, 0.3) is 0 Å². The molecular weight excluding hydrogens is 168 g/mol. The van der Waals surface area contributed by atoms with Crippen molar-refractivity contribution in [1.82, 2.24) is 4.90 Å². The number of nitrogens with two attached hydrogens (primary N) is 1. The number of likely N-dealkylation sites (tertiary alicyclic amines) is 1. The third-order valence-electron chi connectivity index (χ3n) is 3.05. The molecule has 4 heteroatoms. The lowest BCUT2D eigenvalue weighted by molar-refractivity contribution is -0.157. The van der Waals surface area contributed by atoms with E-state index >= 15 is 0 Å². The average Bonchev–Trinajstić information content (AvgIpc) is 2.79. The standard InChI is InChI=1S/C9H16N2O2/c1-8(13)5-11(6-8)7(12)9(4-10)2-3-9/h13H,2-6,10H2,1H3. The SMILES string of the molecule is CC1(O)CN(C(=O)C2(CN)CC2)C1. The van der Waals surface area contributed by atoms with Crippen LogP contribution in [0.2, 0.25) is 0 Å². The third kappa shape index (κ3) is 1.34. The van der Waals surface area contributed by atoms with Gasteiger partial charge in [0.15, 0.2) is 0 Å². The van der Waals surface area contributed by atoms with E-state index < -0.39 is 5.60 Å². The predicted octanol–water partition coefficient (Wildman–Crippen LogP) is -0.681. The Bertz CT molecular complexity index is 238. The van der Waals surface area contributed by atoms with Crippen LogP contribution in [0.4, 0.5) is 0 Å². The van der Waals surface area contributed by atoms with Gasteiger partial charge in [-0.3, -0.25) is 4.79 Å². The third-order valence-corrected chi connectivity index (χ3v) is 3.05. The maximum atomic E-state index is 11.8. The molecule has 1 heterocycles. The van der Waals surface area contributed by atoms with Crippen molar-refractivity contribution < 1.29 is 9.90 Å². The summed E-state index contributed by atoms with van der Waals surface area (Å²) in [5, 5.41) is 9.47. The normalized spacial score (nSPS) is 28.1. The number of rotatable bonds is 2. The highest BCUT2D eigenvalue weighted by atomic mass is 16.3. The highest BCUT2D eigenvalue weighted by molar-refractivity contribution is 5.86. The van der Waals surface area contributed by atoms with E-state index in [9.17, 15) is 9.90 Å². The van der Waals surface area contributed by atoms with Crippen molar-refractivity contribution in [3.05, 3.63) is 0 Å². The Labute approximate surface area is 77.7 Å². The quantitative estimate of drug-likeness (QED) is 0.597. The number of carbonyl (C=O) groups is 1. The van der Waals surface area contributed by atoms with Gasteiger partial charge in [-0.05, 0) is 19.8 Å². The smallest absolute Gasteiger partial charge is 0.230 e. The van der Waals surface area contributed by atoms with Crippen molar-refractivity contribution in [3.63, 3.8) is 0 Å².